The van der Waals surface area contributed by atoms with Gasteiger partial charge in [-0.05, 0) is 55.0 Å². The molecule has 0 spiro atoms. The van der Waals surface area contributed by atoms with Crippen LogP contribution in [0.3, 0.4) is 0 Å². The lowest BCUT2D eigenvalue weighted by molar-refractivity contribution is -0.142. The van der Waals surface area contributed by atoms with Crippen molar-refractivity contribution in [2.45, 2.75) is 44.2 Å². The van der Waals surface area contributed by atoms with Crippen LogP contribution < -0.4 is 0 Å². The number of aliphatic carboxylic acids is 1. The Labute approximate surface area is 136 Å². The molecule has 2 aromatic carbocycles. The Balaban J connectivity index is 1.42. The third-order valence-corrected chi connectivity index (χ3v) is 5.74. The van der Waals surface area contributed by atoms with Gasteiger partial charge in [0.1, 0.15) is 0 Å². The zero-order valence-corrected chi connectivity index (χ0v) is 13.3. The number of hydrogen-bond acceptors (Lipinski definition) is 2. The molecule has 3 nitrogen and oxygen atoms in total. The van der Waals surface area contributed by atoms with Crippen LogP contribution in [0.25, 0.3) is 10.8 Å². The molecule has 2 aliphatic heterocycles. The lowest BCUT2D eigenvalue weighted by Crippen LogP contribution is -2.33. The molecule has 2 aromatic rings. The first kappa shape index (κ1) is 14.7. The Hall–Kier alpha value is -1.87. The van der Waals surface area contributed by atoms with E-state index in [1.807, 2.05) is 0 Å². The van der Waals surface area contributed by atoms with Gasteiger partial charge in [-0.25, -0.2) is 0 Å². The minimum absolute atomic E-state index is 0.133. The maximum absolute atomic E-state index is 11.4. The second-order valence-corrected chi connectivity index (χ2v) is 6.96. The van der Waals surface area contributed by atoms with Gasteiger partial charge in [-0.3, -0.25) is 9.69 Å². The fraction of sp³-hybridized carbons (Fsp3) is 0.450. The topological polar surface area (TPSA) is 40.5 Å². The summed E-state index contributed by atoms with van der Waals surface area (Å²) in [7, 11) is 0. The van der Waals surface area contributed by atoms with Gasteiger partial charge in [0, 0.05) is 12.1 Å². The summed E-state index contributed by atoms with van der Waals surface area (Å²) in [6.45, 7) is 1.03. The summed E-state index contributed by atoms with van der Waals surface area (Å²) in [5.41, 5.74) is 1.41. The van der Waals surface area contributed by atoms with E-state index in [2.05, 4.69) is 47.4 Å². The van der Waals surface area contributed by atoms with E-state index in [0.29, 0.717) is 6.04 Å². The van der Waals surface area contributed by atoms with E-state index in [4.69, 9.17) is 0 Å². The molecule has 1 N–H and O–H groups in total. The third kappa shape index (κ3) is 2.63. The Kier molecular flexibility index (Phi) is 3.82. The smallest absolute Gasteiger partial charge is 0.308 e. The molecule has 3 heteroatoms. The molecule has 2 heterocycles. The van der Waals surface area contributed by atoms with Gasteiger partial charge < -0.3 is 5.11 Å². The van der Waals surface area contributed by atoms with E-state index < -0.39 is 5.97 Å². The second kappa shape index (κ2) is 5.97. The van der Waals surface area contributed by atoms with Crippen LogP contribution in [0.5, 0.6) is 0 Å². The highest BCUT2D eigenvalue weighted by atomic mass is 16.4. The molecule has 23 heavy (non-hydrogen) atoms. The molecule has 120 valence electrons. The Morgan fingerprint density at radius 1 is 1.13 bits per heavy atom. The van der Waals surface area contributed by atoms with E-state index in [1.54, 1.807) is 0 Å². The maximum Gasteiger partial charge on any atom is 0.308 e. The standard InChI is InChI=1S/C20H23NO2/c22-20(23)18-13-16-10-11-19(18)21(16)12-4-8-15-7-3-6-14-5-1-2-9-17(14)15/h1-3,5-7,9,16,18-19H,4,8,10-13H2,(H,22,23). The van der Waals surface area contributed by atoms with E-state index in [-0.39, 0.29) is 12.0 Å². The van der Waals surface area contributed by atoms with Crippen molar-refractivity contribution in [2.24, 2.45) is 5.92 Å². The summed E-state index contributed by atoms with van der Waals surface area (Å²) in [5, 5.41) is 12.0. The molecule has 0 radical (unpaired) electrons. The van der Waals surface area contributed by atoms with Crippen LogP contribution in [-0.2, 0) is 11.2 Å². The van der Waals surface area contributed by atoms with E-state index >= 15 is 0 Å². The molecular weight excluding hydrogens is 286 g/mol. The van der Waals surface area contributed by atoms with Gasteiger partial charge in [-0.1, -0.05) is 42.5 Å². The average molecular weight is 309 g/mol. The number of carbonyl (C=O) groups is 1. The number of hydrogen-bond donors (Lipinski definition) is 1. The molecule has 0 aliphatic carbocycles. The Bertz CT molecular complexity index is 721. The van der Waals surface area contributed by atoms with Crippen molar-refractivity contribution in [3.8, 4) is 0 Å². The van der Waals surface area contributed by atoms with Crippen LogP contribution >= 0.6 is 0 Å². The lowest BCUT2D eigenvalue weighted by Gasteiger charge is -2.22. The molecule has 0 aromatic heterocycles. The number of carboxylic acids is 1. The highest BCUT2D eigenvalue weighted by Gasteiger charge is 2.48. The van der Waals surface area contributed by atoms with Gasteiger partial charge >= 0.3 is 5.97 Å². The van der Waals surface area contributed by atoms with Crippen LogP contribution in [0, 0.1) is 5.92 Å². The average Bonchev–Trinajstić information content (AvgIpc) is 3.12. The largest absolute Gasteiger partial charge is 0.481 e. The van der Waals surface area contributed by atoms with Crippen LogP contribution in [-0.4, -0.2) is 34.6 Å². The summed E-state index contributed by atoms with van der Waals surface area (Å²) >= 11 is 0. The van der Waals surface area contributed by atoms with Crippen LogP contribution in [0.2, 0.25) is 0 Å². The number of nitrogens with zero attached hydrogens (tertiary/aromatic N) is 1. The SMILES string of the molecule is O=C(O)C1CC2CCC1N2CCCc1cccc2ccccc12. The lowest BCUT2D eigenvalue weighted by atomic mass is 9.89. The summed E-state index contributed by atoms with van der Waals surface area (Å²) in [6, 6.07) is 15.9. The monoisotopic (exact) mass is 309 g/mol. The van der Waals surface area contributed by atoms with Crippen molar-refractivity contribution in [1.29, 1.82) is 0 Å². The fourth-order valence-corrected chi connectivity index (χ4v) is 4.68. The third-order valence-electron chi connectivity index (χ3n) is 5.74. The van der Waals surface area contributed by atoms with Crippen molar-refractivity contribution in [2.75, 3.05) is 6.54 Å². The minimum Gasteiger partial charge on any atom is -0.481 e. The molecule has 0 saturated carbocycles. The summed E-state index contributed by atoms with van der Waals surface area (Å²) in [6.07, 6.45) is 5.27. The fourth-order valence-electron chi connectivity index (χ4n) is 4.68. The molecule has 3 atom stereocenters. The van der Waals surface area contributed by atoms with Gasteiger partial charge in [0.25, 0.3) is 0 Å². The summed E-state index contributed by atoms with van der Waals surface area (Å²) < 4.78 is 0. The van der Waals surface area contributed by atoms with Gasteiger partial charge in [0.15, 0.2) is 0 Å². The normalized spacial score (nSPS) is 26.9. The van der Waals surface area contributed by atoms with E-state index in [1.165, 1.54) is 22.8 Å². The number of aryl methyl sites for hydroxylation is 1. The quantitative estimate of drug-likeness (QED) is 0.915. The molecule has 0 amide bonds. The first-order valence-corrected chi connectivity index (χ1v) is 8.69. The van der Waals surface area contributed by atoms with Crippen molar-refractivity contribution >= 4 is 16.7 Å². The molecule has 2 saturated heterocycles. The number of benzene rings is 2. The summed E-state index contributed by atoms with van der Waals surface area (Å²) in [4.78, 5) is 13.8. The van der Waals surface area contributed by atoms with Crippen molar-refractivity contribution in [1.82, 2.24) is 4.90 Å². The number of rotatable bonds is 5. The molecule has 2 fully saturated rings. The highest BCUT2D eigenvalue weighted by Crippen LogP contribution is 2.41. The molecular formula is C20H23NO2. The van der Waals surface area contributed by atoms with Gasteiger partial charge in [0.05, 0.1) is 5.92 Å². The Morgan fingerprint density at radius 3 is 2.78 bits per heavy atom. The molecule has 4 rings (SSSR count). The van der Waals surface area contributed by atoms with Gasteiger partial charge in [-0.15, -0.1) is 0 Å². The first-order valence-electron chi connectivity index (χ1n) is 8.69. The van der Waals surface area contributed by atoms with Gasteiger partial charge in [-0.2, -0.15) is 0 Å². The molecule has 2 bridgehead atoms. The zero-order chi connectivity index (χ0) is 15.8. The van der Waals surface area contributed by atoms with E-state index in [0.717, 1.165) is 32.2 Å². The Morgan fingerprint density at radius 2 is 1.96 bits per heavy atom. The second-order valence-electron chi connectivity index (χ2n) is 6.96. The first-order chi connectivity index (χ1) is 11.2. The predicted molar refractivity (Wildman–Crippen MR) is 91.5 cm³/mol. The van der Waals surface area contributed by atoms with Gasteiger partial charge in [0.2, 0.25) is 0 Å². The summed E-state index contributed by atoms with van der Waals surface area (Å²) in [5.74, 6) is -0.734. The molecule has 3 unspecified atom stereocenters. The van der Waals surface area contributed by atoms with E-state index in [9.17, 15) is 9.90 Å². The minimum atomic E-state index is -0.601. The van der Waals surface area contributed by atoms with Crippen molar-refractivity contribution in [3.05, 3.63) is 48.0 Å². The zero-order valence-electron chi connectivity index (χ0n) is 13.3. The van der Waals surface area contributed by atoms with Crippen LogP contribution in [0.1, 0.15) is 31.2 Å². The maximum atomic E-state index is 11.4. The van der Waals surface area contributed by atoms with Crippen molar-refractivity contribution in [3.63, 3.8) is 0 Å². The predicted octanol–water partition coefficient (Wildman–Crippen LogP) is 3.71. The number of carboxylic acid groups (broad SMARTS) is 1. The highest BCUT2D eigenvalue weighted by molar-refractivity contribution is 5.85. The molecule has 2 aliphatic rings. The number of fused-ring (bicyclic) bond motifs is 3. The van der Waals surface area contributed by atoms with Crippen molar-refractivity contribution < 1.29 is 9.90 Å². The van der Waals surface area contributed by atoms with Crippen LogP contribution in [0.4, 0.5) is 0 Å². The van der Waals surface area contributed by atoms with Crippen LogP contribution in [0.15, 0.2) is 42.5 Å².